The van der Waals surface area contributed by atoms with Gasteiger partial charge in [-0.05, 0) is 52.7 Å². The van der Waals surface area contributed by atoms with Crippen LogP contribution in [-0.2, 0) is 6.54 Å². The van der Waals surface area contributed by atoms with Crippen molar-refractivity contribution in [2.75, 3.05) is 7.05 Å². The molecule has 3 nitrogen and oxygen atoms in total. The van der Waals surface area contributed by atoms with Crippen molar-refractivity contribution in [2.24, 2.45) is 0 Å². The first-order chi connectivity index (χ1) is 9.38. The molecule has 0 radical (unpaired) electrons. The maximum Gasteiger partial charge on any atom is 0.257 e. The zero-order chi connectivity index (χ0) is 14.9. The summed E-state index contributed by atoms with van der Waals surface area (Å²) >= 11 is 10.6. The lowest BCUT2D eigenvalue weighted by atomic mass is 10.1. The first-order valence-corrected chi connectivity index (χ1v) is 7.86. The molecule has 0 saturated heterocycles. The molecule has 0 bridgehead atoms. The van der Waals surface area contributed by atoms with Gasteiger partial charge in [-0.2, -0.15) is 0 Å². The standard InChI is InChI=1S/C14H13BrClNO2S/c1-8-5-10(13(18)11(15)6-8)14(19)17(2)7-9-3-4-12(16)20-9/h3-6,18H,7H2,1-2H3. The molecule has 0 aliphatic carbocycles. The first-order valence-electron chi connectivity index (χ1n) is 5.87. The summed E-state index contributed by atoms with van der Waals surface area (Å²) in [5, 5.41) is 10.00. The number of hydrogen-bond donors (Lipinski definition) is 1. The number of halogens is 2. The van der Waals surface area contributed by atoms with Crippen molar-refractivity contribution < 1.29 is 9.90 Å². The molecule has 20 heavy (non-hydrogen) atoms. The first kappa shape index (κ1) is 15.4. The van der Waals surface area contributed by atoms with Gasteiger partial charge in [-0.3, -0.25) is 4.79 Å². The van der Waals surface area contributed by atoms with Gasteiger partial charge in [-0.25, -0.2) is 0 Å². The van der Waals surface area contributed by atoms with Gasteiger partial charge in [0.15, 0.2) is 0 Å². The Hall–Kier alpha value is -1.04. The van der Waals surface area contributed by atoms with E-state index in [0.29, 0.717) is 20.9 Å². The molecule has 0 atom stereocenters. The second-order valence-corrected chi connectivity index (χ2v) is 7.16. The van der Waals surface area contributed by atoms with Crippen LogP contribution < -0.4 is 0 Å². The van der Waals surface area contributed by atoms with Crippen LogP contribution in [0.25, 0.3) is 0 Å². The molecular formula is C14H13BrClNO2S. The molecule has 0 fully saturated rings. The fourth-order valence-electron chi connectivity index (χ4n) is 1.85. The molecular weight excluding hydrogens is 362 g/mol. The average Bonchev–Trinajstić information content (AvgIpc) is 2.78. The van der Waals surface area contributed by atoms with Gasteiger partial charge in [0.2, 0.25) is 0 Å². The highest BCUT2D eigenvalue weighted by Gasteiger charge is 2.18. The highest BCUT2D eigenvalue weighted by Crippen LogP contribution is 2.30. The minimum atomic E-state index is -0.226. The Labute approximate surface area is 134 Å². The predicted molar refractivity (Wildman–Crippen MR) is 85.7 cm³/mol. The highest BCUT2D eigenvalue weighted by molar-refractivity contribution is 9.10. The smallest absolute Gasteiger partial charge is 0.257 e. The fourth-order valence-corrected chi connectivity index (χ4v) is 3.56. The zero-order valence-electron chi connectivity index (χ0n) is 11.0. The van der Waals surface area contributed by atoms with E-state index in [9.17, 15) is 9.90 Å². The van der Waals surface area contributed by atoms with E-state index < -0.39 is 0 Å². The Morgan fingerprint density at radius 1 is 1.45 bits per heavy atom. The molecule has 1 heterocycles. The summed E-state index contributed by atoms with van der Waals surface area (Å²) in [6, 6.07) is 7.15. The molecule has 0 saturated carbocycles. The molecule has 0 aliphatic rings. The van der Waals surface area contributed by atoms with Crippen LogP contribution in [0, 0.1) is 6.92 Å². The van der Waals surface area contributed by atoms with E-state index in [1.165, 1.54) is 11.3 Å². The molecule has 1 aromatic carbocycles. The van der Waals surface area contributed by atoms with Gasteiger partial charge < -0.3 is 10.0 Å². The second-order valence-electron chi connectivity index (χ2n) is 4.51. The molecule has 2 aromatic rings. The molecule has 1 amide bonds. The molecule has 1 aromatic heterocycles. The number of amides is 1. The lowest BCUT2D eigenvalue weighted by Gasteiger charge is -2.17. The Kier molecular flexibility index (Phi) is 4.73. The highest BCUT2D eigenvalue weighted by atomic mass is 79.9. The van der Waals surface area contributed by atoms with E-state index >= 15 is 0 Å². The van der Waals surface area contributed by atoms with Crippen molar-refractivity contribution in [1.82, 2.24) is 4.90 Å². The normalized spacial score (nSPS) is 10.6. The Morgan fingerprint density at radius 3 is 2.75 bits per heavy atom. The van der Waals surface area contributed by atoms with Crippen LogP contribution >= 0.6 is 38.9 Å². The Bertz CT molecular complexity index is 657. The minimum Gasteiger partial charge on any atom is -0.506 e. The van der Waals surface area contributed by atoms with E-state index in [-0.39, 0.29) is 11.7 Å². The lowest BCUT2D eigenvalue weighted by Crippen LogP contribution is -2.26. The van der Waals surface area contributed by atoms with Crippen molar-refractivity contribution in [1.29, 1.82) is 0 Å². The molecule has 0 spiro atoms. The fraction of sp³-hybridized carbons (Fsp3) is 0.214. The number of benzene rings is 1. The van der Waals surface area contributed by atoms with Gasteiger partial charge in [0.05, 0.1) is 20.9 Å². The number of aromatic hydroxyl groups is 1. The largest absolute Gasteiger partial charge is 0.506 e. The monoisotopic (exact) mass is 373 g/mol. The number of hydrogen-bond acceptors (Lipinski definition) is 3. The summed E-state index contributed by atoms with van der Waals surface area (Å²) in [5.41, 5.74) is 1.20. The SMILES string of the molecule is Cc1cc(Br)c(O)c(C(=O)N(C)Cc2ccc(Cl)s2)c1. The Morgan fingerprint density at radius 2 is 2.15 bits per heavy atom. The van der Waals surface area contributed by atoms with Gasteiger partial charge in [0.25, 0.3) is 5.91 Å². The Balaban J connectivity index is 2.22. The van der Waals surface area contributed by atoms with Crippen LogP contribution in [0.15, 0.2) is 28.7 Å². The van der Waals surface area contributed by atoms with Crippen LogP contribution in [-0.4, -0.2) is 23.0 Å². The van der Waals surface area contributed by atoms with Gasteiger partial charge >= 0.3 is 0 Å². The van der Waals surface area contributed by atoms with E-state index in [1.807, 2.05) is 13.0 Å². The van der Waals surface area contributed by atoms with Gasteiger partial charge in [-0.15, -0.1) is 11.3 Å². The predicted octanol–water partition coefficient (Wildman–Crippen LogP) is 4.45. The summed E-state index contributed by atoms with van der Waals surface area (Å²) in [4.78, 5) is 15.0. The summed E-state index contributed by atoms with van der Waals surface area (Å²) in [6.07, 6.45) is 0. The molecule has 106 valence electrons. The summed E-state index contributed by atoms with van der Waals surface area (Å²) < 4.78 is 1.22. The third-order valence-electron chi connectivity index (χ3n) is 2.81. The van der Waals surface area contributed by atoms with E-state index in [1.54, 1.807) is 30.1 Å². The maximum atomic E-state index is 12.4. The topological polar surface area (TPSA) is 40.5 Å². The number of carbonyl (C=O) groups is 1. The van der Waals surface area contributed by atoms with Crippen LogP contribution in [0.1, 0.15) is 20.8 Å². The lowest BCUT2D eigenvalue weighted by molar-refractivity contribution is 0.0783. The zero-order valence-corrected chi connectivity index (χ0v) is 14.1. The number of nitrogens with zero attached hydrogens (tertiary/aromatic N) is 1. The van der Waals surface area contributed by atoms with Crippen LogP contribution in [0.5, 0.6) is 5.75 Å². The van der Waals surface area contributed by atoms with Gasteiger partial charge in [0, 0.05) is 11.9 Å². The van der Waals surface area contributed by atoms with Crippen molar-refractivity contribution in [3.05, 3.63) is 49.1 Å². The summed E-state index contributed by atoms with van der Waals surface area (Å²) in [5.74, 6) is -0.256. The quantitative estimate of drug-likeness (QED) is 0.862. The summed E-state index contributed by atoms with van der Waals surface area (Å²) in [7, 11) is 1.70. The van der Waals surface area contributed by atoms with Gasteiger partial charge in [0.1, 0.15) is 5.75 Å². The van der Waals surface area contributed by atoms with E-state index in [2.05, 4.69) is 15.9 Å². The van der Waals surface area contributed by atoms with Crippen molar-refractivity contribution in [3.63, 3.8) is 0 Å². The maximum absolute atomic E-state index is 12.4. The van der Waals surface area contributed by atoms with Crippen molar-refractivity contribution in [2.45, 2.75) is 13.5 Å². The van der Waals surface area contributed by atoms with Crippen molar-refractivity contribution >= 4 is 44.8 Å². The third-order valence-corrected chi connectivity index (χ3v) is 4.63. The van der Waals surface area contributed by atoms with E-state index in [4.69, 9.17) is 11.6 Å². The number of thiophene rings is 1. The number of phenols is 1. The molecule has 6 heteroatoms. The molecule has 0 aliphatic heterocycles. The number of rotatable bonds is 3. The molecule has 2 rings (SSSR count). The molecule has 1 N–H and O–H groups in total. The minimum absolute atomic E-state index is 0.0309. The van der Waals surface area contributed by atoms with Crippen LogP contribution in [0.2, 0.25) is 4.34 Å². The van der Waals surface area contributed by atoms with Crippen LogP contribution in [0.3, 0.4) is 0 Å². The molecule has 0 unspecified atom stereocenters. The third kappa shape index (κ3) is 3.34. The van der Waals surface area contributed by atoms with Gasteiger partial charge in [-0.1, -0.05) is 11.6 Å². The van der Waals surface area contributed by atoms with E-state index in [0.717, 1.165) is 10.4 Å². The van der Waals surface area contributed by atoms with Crippen LogP contribution in [0.4, 0.5) is 0 Å². The number of aryl methyl sites for hydroxylation is 1. The summed E-state index contributed by atoms with van der Waals surface area (Å²) in [6.45, 7) is 2.33. The average molecular weight is 375 g/mol. The number of carbonyl (C=O) groups excluding carboxylic acids is 1. The number of phenolic OH excluding ortho intramolecular Hbond substituents is 1. The van der Waals surface area contributed by atoms with Crippen molar-refractivity contribution in [3.8, 4) is 5.75 Å². The second kappa shape index (κ2) is 6.16.